The summed E-state index contributed by atoms with van der Waals surface area (Å²) in [5, 5.41) is 2.79. The van der Waals surface area contributed by atoms with Gasteiger partial charge in [0, 0.05) is 18.8 Å². The summed E-state index contributed by atoms with van der Waals surface area (Å²) < 4.78 is 36.7. The summed E-state index contributed by atoms with van der Waals surface area (Å²) in [6.45, 7) is 3.33. The zero-order chi connectivity index (χ0) is 18.6. The van der Waals surface area contributed by atoms with Gasteiger partial charge >= 0.3 is 0 Å². The topological polar surface area (TPSA) is 84.9 Å². The van der Waals surface area contributed by atoms with E-state index in [1.165, 1.54) is 4.31 Å². The predicted octanol–water partition coefficient (Wildman–Crippen LogP) is 2.14. The van der Waals surface area contributed by atoms with Gasteiger partial charge in [-0.3, -0.25) is 9.10 Å². The number of carbonyl (C=O) groups excluding carboxylic acids is 1. The van der Waals surface area contributed by atoms with Gasteiger partial charge in [0.15, 0.2) is 0 Å². The fraction of sp³-hybridized carbons (Fsp3) is 0.611. The van der Waals surface area contributed by atoms with E-state index in [1.807, 2.05) is 0 Å². The van der Waals surface area contributed by atoms with Crippen molar-refractivity contribution in [1.82, 2.24) is 0 Å². The summed E-state index contributed by atoms with van der Waals surface area (Å²) in [5.41, 5.74) is 1.13. The molecule has 1 aromatic carbocycles. The molecule has 0 bridgehead atoms. The molecule has 0 aromatic heterocycles. The van der Waals surface area contributed by atoms with Gasteiger partial charge in [-0.25, -0.2) is 8.42 Å². The molecule has 0 spiro atoms. The van der Waals surface area contributed by atoms with Crippen molar-refractivity contribution in [2.24, 2.45) is 0 Å². The van der Waals surface area contributed by atoms with Crippen LogP contribution in [0.1, 0.15) is 32.6 Å². The molecule has 1 amide bonds. The van der Waals surface area contributed by atoms with E-state index in [1.54, 1.807) is 31.2 Å². The Labute approximate surface area is 154 Å². The molecular weight excluding hydrogens is 356 g/mol. The molecule has 2 aliphatic rings. The fourth-order valence-corrected chi connectivity index (χ4v) is 4.73. The molecule has 0 saturated carbocycles. The summed E-state index contributed by atoms with van der Waals surface area (Å²) in [5.74, 6) is -0.0974. The molecule has 1 aromatic rings. The molecule has 26 heavy (non-hydrogen) atoms. The van der Waals surface area contributed by atoms with E-state index in [-0.39, 0.29) is 17.8 Å². The van der Waals surface area contributed by atoms with Crippen LogP contribution in [0.5, 0.6) is 0 Å². The average molecular weight is 382 g/mol. The number of benzene rings is 1. The minimum Gasteiger partial charge on any atom is -0.376 e. The van der Waals surface area contributed by atoms with Crippen molar-refractivity contribution in [2.45, 2.75) is 44.8 Å². The van der Waals surface area contributed by atoms with Crippen molar-refractivity contribution < 1.29 is 22.7 Å². The fourth-order valence-electron chi connectivity index (χ4n) is 3.18. The van der Waals surface area contributed by atoms with Gasteiger partial charge in [-0.1, -0.05) is 6.07 Å². The molecule has 2 saturated heterocycles. The molecule has 2 heterocycles. The van der Waals surface area contributed by atoms with E-state index in [2.05, 4.69) is 5.32 Å². The molecule has 2 atom stereocenters. The second-order valence-corrected chi connectivity index (χ2v) is 8.76. The van der Waals surface area contributed by atoms with Gasteiger partial charge in [0.25, 0.3) is 5.91 Å². The van der Waals surface area contributed by atoms with Crippen LogP contribution < -0.4 is 9.62 Å². The Morgan fingerprint density at radius 3 is 2.92 bits per heavy atom. The van der Waals surface area contributed by atoms with Gasteiger partial charge in [0.1, 0.15) is 6.10 Å². The van der Waals surface area contributed by atoms with Crippen LogP contribution in [0.4, 0.5) is 11.4 Å². The van der Waals surface area contributed by atoms with E-state index in [4.69, 9.17) is 9.47 Å². The first kappa shape index (κ1) is 19.1. The molecule has 3 rings (SSSR count). The first-order valence-electron chi connectivity index (χ1n) is 9.10. The molecule has 8 heteroatoms. The Balaban J connectivity index is 1.56. The average Bonchev–Trinajstić information content (AvgIpc) is 3.00. The van der Waals surface area contributed by atoms with Crippen LogP contribution in [0.3, 0.4) is 0 Å². The van der Waals surface area contributed by atoms with E-state index in [9.17, 15) is 13.2 Å². The maximum Gasteiger partial charge on any atom is 0.253 e. The van der Waals surface area contributed by atoms with Crippen LogP contribution in [0, 0.1) is 0 Å². The zero-order valence-corrected chi connectivity index (χ0v) is 15.8. The van der Waals surface area contributed by atoms with Gasteiger partial charge in [0.05, 0.1) is 24.2 Å². The van der Waals surface area contributed by atoms with Gasteiger partial charge in [0.2, 0.25) is 10.0 Å². The summed E-state index contributed by atoms with van der Waals surface area (Å²) in [6.07, 6.45) is 3.23. The normalized spacial score (nSPS) is 23.6. The van der Waals surface area contributed by atoms with Crippen LogP contribution in [-0.4, -0.2) is 52.0 Å². The van der Waals surface area contributed by atoms with Crippen molar-refractivity contribution in [2.75, 3.05) is 35.1 Å². The lowest BCUT2D eigenvalue weighted by molar-refractivity contribution is -0.130. The number of anilines is 2. The molecule has 0 aliphatic carbocycles. The van der Waals surface area contributed by atoms with Crippen molar-refractivity contribution in [3.8, 4) is 0 Å². The third-order valence-electron chi connectivity index (χ3n) is 4.68. The Bertz CT molecular complexity index is 731. The lowest BCUT2D eigenvalue weighted by Crippen LogP contribution is -2.32. The maximum atomic E-state index is 12.3. The number of amides is 1. The van der Waals surface area contributed by atoms with E-state index < -0.39 is 16.1 Å². The number of sulfonamides is 1. The molecule has 1 N–H and O–H groups in total. The van der Waals surface area contributed by atoms with Crippen molar-refractivity contribution >= 4 is 27.3 Å². The van der Waals surface area contributed by atoms with Crippen molar-refractivity contribution in [3.05, 3.63) is 24.3 Å². The van der Waals surface area contributed by atoms with Gasteiger partial charge < -0.3 is 14.8 Å². The Kier molecular flexibility index (Phi) is 6.16. The number of carbonyl (C=O) groups is 1. The number of hydrogen-bond donors (Lipinski definition) is 1. The van der Waals surface area contributed by atoms with Crippen LogP contribution in [0.15, 0.2) is 24.3 Å². The number of nitrogens with one attached hydrogen (secondary N) is 1. The number of rotatable bonds is 6. The lowest BCUT2D eigenvalue weighted by atomic mass is 10.1. The molecule has 2 unspecified atom stereocenters. The number of nitrogens with zero attached hydrogens (tertiary/aromatic N) is 1. The number of ether oxygens (including phenoxy) is 2. The molecule has 7 nitrogen and oxygen atoms in total. The Hall–Kier alpha value is -1.64. The first-order chi connectivity index (χ1) is 12.5. The SMILES string of the molecule is CC(OCC1CCCCO1)C(=O)Nc1cccc(N2CCCS2(=O)=O)c1. The standard InChI is InChI=1S/C18H26N2O5S/c1-14(25-13-17-8-2-3-10-24-17)18(21)19-15-6-4-7-16(12-15)20-9-5-11-26(20,22)23/h4,6-7,12,14,17H,2-3,5,8-11,13H2,1H3,(H,19,21). The van der Waals surface area contributed by atoms with Crippen LogP contribution in [0.25, 0.3) is 0 Å². The largest absolute Gasteiger partial charge is 0.376 e. The second-order valence-electron chi connectivity index (χ2n) is 6.75. The van der Waals surface area contributed by atoms with Crippen LogP contribution in [0.2, 0.25) is 0 Å². The highest BCUT2D eigenvalue weighted by Gasteiger charge is 2.28. The van der Waals surface area contributed by atoms with Crippen LogP contribution >= 0.6 is 0 Å². The minimum atomic E-state index is -3.24. The molecule has 2 fully saturated rings. The van der Waals surface area contributed by atoms with Gasteiger partial charge in [-0.2, -0.15) is 0 Å². The summed E-state index contributed by atoms with van der Waals surface area (Å²) in [6, 6.07) is 6.89. The maximum absolute atomic E-state index is 12.3. The first-order valence-corrected chi connectivity index (χ1v) is 10.7. The third-order valence-corrected chi connectivity index (χ3v) is 6.55. The van der Waals surface area contributed by atoms with E-state index in [0.29, 0.717) is 30.9 Å². The smallest absolute Gasteiger partial charge is 0.253 e. The van der Waals surface area contributed by atoms with Gasteiger partial charge in [-0.05, 0) is 50.8 Å². The third kappa shape index (κ3) is 4.75. The Morgan fingerprint density at radius 2 is 2.23 bits per heavy atom. The lowest BCUT2D eigenvalue weighted by Gasteiger charge is -2.24. The van der Waals surface area contributed by atoms with Crippen LogP contribution in [-0.2, 0) is 24.3 Å². The highest BCUT2D eigenvalue weighted by molar-refractivity contribution is 7.93. The predicted molar refractivity (Wildman–Crippen MR) is 99.8 cm³/mol. The second kappa shape index (κ2) is 8.37. The van der Waals surface area contributed by atoms with Gasteiger partial charge in [-0.15, -0.1) is 0 Å². The molecule has 2 aliphatic heterocycles. The highest BCUT2D eigenvalue weighted by Crippen LogP contribution is 2.26. The monoisotopic (exact) mass is 382 g/mol. The summed E-state index contributed by atoms with van der Waals surface area (Å²) >= 11 is 0. The van der Waals surface area contributed by atoms with E-state index in [0.717, 1.165) is 25.9 Å². The van der Waals surface area contributed by atoms with Crippen molar-refractivity contribution in [1.29, 1.82) is 0 Å². The molecule has 0 radical (unpaired) electrons. The Morgan fingerprint density at radius 1 is 1.38 bits per heavy atom. The number of hydrogen-bond acceptors (Lipinski definition) is 5. The van der Waals surface area contributed by atoms with Crippen molar-refractivity contribution in [3.63, 3.8) is 0 Å². The zero-order valence-electron chi connectivity index (χ0n) is 15.0. The summed E-state index contributed by atoms with van der Waals surface area (Å²) in [7, 11) is -3.24. The summed E-state index contributed by atoms with van der Waals surface area (Å²) in [4.78, 5) is 12.3. The molecule has 144 valence electrons. The molecular formula is C18H26N2O5S. The van der Waals surface area contributed by atoms with E-state index >= 15 is 0 Å². The quantitative estimate of drug-likeness (QED) is 0.815. The highest BCUT2D eigenvalue weighted by atomic mass is 32.2. The minimum absolute atomic E-state index is 0.0581.